The molecule has 0 unspecified atom stereocenters. The van der Waals surface area contributed by atoms with E-state index in [1.54, 1.807) is 29.2 Å². The van der Waals surface area contributed by atoms with Crippen LogP contribution in [0.25, 0.3) is 5.76 Å². The zero-order valence-electron chi connectivity index (χ0n) is 20.9. The minimum atomic E-state index is -0.685. The van der Waals surface area contributed by atoms with Crippen LogP contribution in [0.4, 0.5) is 0 Å². The molecule has 2 aromatic rings. The molecule has 2 aromatic carbocycles. The van der Waals surface area contributed by atoms with E-state index in [2.05, 4.69) is 20.8 Å². The summed E-state index contributed by atoms with van der Waals surface area (Å²) in [6.07, 6.45) is 0.672. The average Bonchev–Trinajstić information content (AvgIpc) is 3.05. The molecule has 1 heterocycles. The Morgan fingerprint density at radius 1 is 1.09 bits per heavy atom. The number of carbonyl (C=O) groups is 2. The Balaban J connectivity index is 2.06. The minimum Gasteiger partial charge on any atom is -0.507 e. The molecule has 0 aromatic heterocycles. The van der Waals surface area contributed by atoms with Crippen molar-refractivity contribution in [1.82, 2.24) is 4.90 Å². The van der Waals surface area contributed by atoms with Gasteiger partial charge in [-0.3, -0.25) is 9.59 Å². The number of Topliss-reactive ketones (excluding diaryl/α,β-unsaturated/α-hetero) is 1. The van der Waals surface area contributed by atoms with E-state index in [1.807, 2.05) is 38.1 Å². The molecule has 1 atom stereocenters. The minimum absolute atomic E-state index is 0.0326. The van der Waals surface area contributed by atoms with Gasteiger partial charge in [-0.1, -0.05) is 57.2 Å². The van der Waals surface area contributed by atoms with Crippen molar-refractivity contribution in [1.29, 1.82) is 0 Å². The highest BCUT2D eigenvalue weighted by molar-refractivity contribution is 6.46. The molecule has 6 nitrogen and oxygen atoms in total. The van der Waals surface area contributed by atoms with E-state index in [-0.39, 0.29) is 22.9 Å². The van der Waals surface area contributed by atoms with Gasteiger partial charge in [0.1, 0.15) is 11.5 Å². The van der Waals surface area contributed by atoms with Crippen LogP contribution in [0, 0.1) is 0 Å². The molecule has 1 N–H and O–H groups in total. The Bertz CT molecular complexity index is 1060. The highest BCUT2D eigenvalue weighted by Gasteiger charge is 2.45. The monoisotopic (exact) mass is 465 g/mol. The van der Waals surface area contributed by atoms with E-state index >= 15 is 0 Å². The van der Waals surface area contributed by atoms with E-state index < -0.39 is 17.7 Å². The van der Waals surface area contributed by atoms with Crippen LogP contribution < -0.4 is 4.74 Å². The maximum atomic E-state index is 13.2. The summed E-state index contributed by atoms with van der Waals surface area (Å²) in [5, 5.41) is 11.2. The first-order valence-corrected chi connectivity index (χ1v) is 11.7. The lowest BCUT2D eigenvalue weighted by molar-refractivity contribution is -0.140. The van der Waals surface area contributed by atoms with Crippen molar-refractivity contribution in [2.45, 2.75) is 58.6 Å². The van der Waals surface area contributed by atoms with E-state index in [0.717, 1.165) is 11.1 Å². The number of carbonyl (C=O) groups excluding carboxylic acids is 2. The third-order valence-corrected chi connectivity index (χ3v) is 5.97. The molecule has 0 saturated carbocycles. The van der Waals surface area contributed by atoms with E-state index in [9.17, 15) is 14.7 Å². The summed E-state index contributed by atoms with van der Waals surface area (Å²) >= 11 is 0. The third kappa shape index (κ3) is 5.50. The molecule has 1 aliphatic heterocycles. The maximum Gasteiger partial charge on any atom is 0.295 e. The highest BCUT2D eigenvalue weighted by Crippen LogP contribution is 2.40. The van der Waals surface area contributed by atoms with Crippen LogP contribution >= 0.6 is 0 Å². The zero-order chi connectivity index (χ0) is 25.0. The van der Waals surface area contributed by atoms with Gasteiger partial charge < -0.3 is 19.5 Å². The van der Waals surface area contributed by atoms with Gasteiger partial charge >= 0.3 is 0 Å². The molecule has 1 amide bonds. The quantitative estimate of drug-likeness (QED) is 0.250. The average molecular weight is 466 g/mol. The Morgan fingerprint density at radius 3 is 2.35 bits per heavy atom. The molecule has 1 aliphatic rings. The predicted octanol–water partition coefficient (Wildman–Crippen LogP) is 5.23. The van der Waals surface area contributed by atoms with Gasteiger partial charge in [0.05, 0.1) is 24.8 Å². The summed E-state index contributed by atoms with van der Waals surface area (Å²) in [7, 11) is 1.54. The second kappa shape index (κ2) is 10.4. The number of amides is 1. The summed E-state index contributed by atoms with van der Waals surface area (Å²) in [5.74, 6) is -0.952. The van der Waals surface area contributed by atoms with Gasteiger partial charge in [0, 0.05) is 18.7 Å². The third-order valence-electron chi connectivity index (χ3n) is 5.97. The first-order chi connectivity index (χ1) is 16.0. The summed E-state index contributed by atoms with van der Waals surface area (Å²) in [6.45, 7) is 11.1. The molecule has 1 fully saturated rings. The van der Waals surface area contributed by atoms with Gasteiger partial charge in [-0.2, -0.15) is 0 Å². The van der Waals surface area contributed by atoms with Crippen LogP contribution in [-0.2, 0) is 19.7 Å². The molecule has 3 rings (SSSR count). The van der Waals surface area contributed by atoms with Crippen molar-refractivity contribution < 1.29 is 24.2 Å². The largest absolute Gasteiger partial charge is 0.507 e. The van der Waals surface area contributed by atoms with Crippen LogP contribution in [-0.4, -0.2) is 48.1 Å². The zero-order valence-corrected chi connectivity index (χ0v) is 20.9. The summed E-state index contributed by atoms with van der Waals surface area (Å²) in [6, 6.07) is 14.1. The number of nitrogens with zero attached hydrogens (tertiary/aromatic N) is 1. The second-order valence-corrected chi connectivity index (χ2v) is 9.87. The maximum absolute atomic E-state index is 13.2. The number of ether oxygens (including phenoxy) is 2. The number of benzene rings is 2. The Kier molecular flexibility index (Phi) is 7.82. The number of hydrogen-bond donors (Lipinski definition) is 1. The number of aliphatic hydroxyl groups excluding tert-OH is 1. The van der Waals surface area contributed by atoms with Crippen molar-refractivity contribution in [3.63, 3.8) is 0 Å². The molecule has 0 spiro atoms. The predicted molar refractivity (Wildman–Crippen MR) is 133 cm³/mol. The second-order valence-electron chi connectivity index (χ2n) is 9.87. The fraction of sp³-hybridized carbons (Fsp3) is 0.429. The van der Waals surface area contributed by atoms with E-state index in [4.69, 9.17) is 9.47 Å². The number of rotatable bonds is 8. The molecular formula is C28H35NO5. The fourth-order valence-electron chi connectivity index (χ4n) is 4.10. The lowest BCUT2D eigenvalue weighted by Gasteiger charge is -2.26. The molecule has 1 saturated heterocycles. The standard InChI is InChI=1S/C28H35NO5/c1-18(2)34-16-8-15-29-24(19-11-13-21(14-12-19)28(3,4)5)23(26(31)27(29)32)25(30)20-9-7-10-22(17-20)33-6/h7,9-14,17-18,24,30H,8,15-16H2,1-6H3/t24-/m0/s1. The SMILES string of the molecule is COc1cccc(C(O)=C2C(=O)C(=O)N(CCCOC(C)C)[C@H]2c2ccc(C(C)(C)C)cc2)c1. The van der Waals surface area contributed by atoms with Crippen LogP contribution in [0.5, 0.6) is 5.75 Å². The number of hydrogen-bond acceptors (Lipinski definition) is 5. The number of aliphatic hydroxyl groups is 1. The normalized spacial score (nSPS) is 18.1. The van der Waals surface area contributed by atoms with Crippen molar-refractivity contribution >= 4 is 17.4 Å². The van der Waals surface area contributed by atoms with Crippen molar-refractivity contribution in [2.75, 3.05) is 20.3 Å². The Morgan fingerprint density at radius 2 is 1.76 bits per heavy atom. The molecule has 0 aliphatic carbocycles. The Hall–Kier alpha value is -3.12. The van der Waals surface area contributed by atoms with E-state index in [1.165, 1.54) is 7.11 Å². The number of likely N-dealkylation sites (tertiary alicyclic amines) is 1. The topological polar surface area (TPSA) is 76.1 Å². The number of ketones is 1. The van der Waals surface area contributed by atoms with Gasteiger partial charge in [0.25, 0.3) is 11.7 Å². The summed E-state index contributed by atoms with van der Waals surface area (Å²) in [5.41, 5.74) is 2.41. The van der Waals surface area contributed by atoms with Crippen LogP contribution in [0.1, 0.15) is 63.8 Å². The smallest absolute Gasteiger partial charge is 0.295 e. The summed E-state index contributed by atoms with van der Waals surface area (Å²) in [4.78, 5) is 27.8. The first kappa shape index (κ1) is 25.5. The van der Waals surface area contributed by atoms with Crippen molar-refractivity contribution in [2.24, 2.45) is 0 Å². The Labute approximate surface area is 202 Å². The fourth-order valence-corrected chi connectivity index (χ4v) is 4.10. The van der Waals surface area contributed by atoms with Crippen LogP contribution in [0.3, 0.4) is 0 Å². The molecule has 0 bridgehead atoms. The lowest BCUT2D eigenvalue weighted by Crippen LogP contribution is -2.31. The molecule has 34 heavy (non-hydrogen) atoms. The highest BCUT2D eigenvalue weighted by atomic mass is 16.5. The van der Waals surface area contributed by atoms with Gasteiger partial charge in [-0.15, -0.1) is 0 Å². The van der Waals surface area contributed by atoms with Gasteiger partial charge in [-0.05, 0) is 48.9 Å². The molecule has 6 heteroatoms. The van der Waals surface area contributed by atoms with Crippen LogP contribution in [0.15, 0.2) is 54.1 Å². The molecule has 182 valence electrons. The molecular weight excluding hydrogens is 430 g/mol. The lowest BCUT2D eigenvalue weighted by atomic mass is 9.85. The van der Waals surface area contributed by atoms with Crippen molar-refractivity contribution in [3.8, 4) is 5.75 Å². The van der Waals surface area contributed by atoms with Gasteiger partial charge in [0.2, 0.25) is 0 Å². The first-order valence-electron chi connectivity index (χ1n) is 11.7. The van der Waals surface area contributed by atoms with Gasteiger partial charge in [-0.25, -0.2) is 0 Å². The molecule has 0 radical (unpaired) electrons. The van der Waals surface area contributed by atoms with Gasteiger partial charge in [0.15, 0.2) is 0 Å². The van der Waals surface area contributed by atoms with Crippen LogP contribution in [0.2, 0.25) is 0 Å². The number of methoxy groups -OCH3 is 1. The van der Waals surface area contributed by atoms with E-state index in [0.29, 0.717) is 30.9 Å². The van der Waals surface area contributed by atoms with Crippen molar-refractivity contribution in [3.05, 3.63) is 70.8 Å². The summed E-state index contributed by atoms with van der Waals surface area (Å²) < 4.78 is 10.9.